The summed E-state index contributed by atoms with van der Waals surface area (Å²) in [5.41, 5.74) is 0. The Bertz CT molecular complexity index is 930. The van der Waals surface area contributed by atoms with Gasteiger partial charge >= 0.3 is 0 Å². The molecule has 3 saturated heterocycles. The van der Waals surface area contributed by atoms with Gasteiger partial charge in [-0.1, -0.05) is 134 Å². The van der Waals surface area contributed by atoms with Crippen LogP contribution in [-0.2, 0) is 0 Å². The zero-order chi connectivity index (χ0) is 30.2. The first-order valence-corrected chi connectivity index (χ1v) is 21.8. The van der Waals surface area contributed by atoms with Crippen LogP contribution in [0.15, 0.2) is 0 Å². The molecule has 11 atom stereocenters. The van der Waals surface area contributed by atoms with Gasteiger partial charge in [0.25, 0.3) is 0 Å². The van der Waals surface area contributed by atoms with Crippen LogP contribution in [0, 0.1) is 17.8 Å². The molecule has 5 aliphatic carbocycles. The quantitative estimate of drug-likeness (QED) is 0.270. The van der Waals surface area contributed by atoms with Crippen molar-refractivity contribution in [3.05, 3.63) is 0 Å². The molecule has 3 heterocycles. The summed E-state index contributed by atoms with van der Waals surface area (Å²) in [6.45, 7) is 3.78. The van der Waals surface area contributed by atoms with Gasteiger partial charge in [0, 0.05) is 36.3 Å². The Hall–Kier alpha value is -0.0151. The summed E-state index contributed by atoms with van der Waals surface area (Å²) in [4.78, 5) is 6.79. The van der Waals surface area contributed by atoms with E-state index >= 15 is 0 Å². The fourth-order valence-electron chi connectivity index (χ4n) is 14.8. The summed E-state index contributed by atoms with van der Waals surface area (Å²) >= 11 is 0. The molecule has 0 amide bonds. The Morgan fingerprint density at radius 2 is 0.844 bits per heavy atom. The number of nitrogens with zero attached hydrogens (tertiary/aromatic N) is 2. The normalized spacial score (nSPS) is 46.3. The lowest BCUT2D eigenvalue weighted by Gasteiger charge is -2.56. The van der Waals surface area contributed by atoms with Crippen LogP contribution < -0.4 is 0 Å². The molecule has 45 heavy (non-hydrogen) atoms. The van der Waals surface area contributed by atoms with E-state index in [9.17, 15) is 0 Å². The number of rotatable bonds is 1. The van der Waals surface area contributed by atoms with E-state index in [1.807, 2.05) is 0 Å². The lowest BCUT2D eigenvalue weighted by atomic mass is 9.23. The van der Waals surface area contributed by atoms with Crippen molar-refractivity contribution in [3.8, 4) is 0 Å². The van der Waals surface area contributed by atoms with Gasteiger partial charge < -0.3 is 0 Å². The zero-order valence-corrected chi connectivity index (χ0v) is 29.9. The average molecular weight is 617 g/mol. The van der Waals surface area contributed by atoms with Gasteiger partial charge in [-0.05, 0) is 94.8 Å². The molecule has 8 aliphatic rings. The van der Waals surface area contributed by atoms with Gasteiger partial charge in [0.1, 0.15) is 6.71 Å². The molecule has 0 spiro atoms. The van der Waals surface area contributed by atoms with E-state index in [-0.39, 0.29) is 0 Å². The van der Waals surface area contributed by atoms with Crippen molar-refractivity contribution in [2.75, 3.05) is 0 Å². The molecule has 7 bridgehead atoms. The molecule has 0 radical (unpaired) electrons. The third kappa shape index (κ3) is 6.65. The number of fused-ring (bicyclic) bond motifs is 11. The van der Waals surface area contributed by atoms with Crippen molar-refractivity contribution in [3.63, 3.8) is 0 Å². The summed E-state index contributed by atoms with van der Waals surface area (Å²) in [6, 6.07) is 5.48. The smallest absolute Gasteiger partial charge is 0.149 e. The first-order chi connectivity index (χ1) is 22.3. The minimum absolute atomic E-state index is 0.883. The van der Waals surface area contributed by atoms with E-state index in [0.717, 1.165) is 78.2 Å². The zero-order valence-electron chi connectivity index (χ0n) is 29.9. The Labute approximate surface area is 280 Å². The molecule has 2 nitrogen and oxygen atoms in total. The van der Waals surface area contributed by atoms with Gasteiger partial charge in [0.2, 0.25) is 0 Å². The van der Waals surface area contributed by atoms with Crippen molar-refractivity contribution < 1.29 is 0 Å². The van der Waals surface area contributed by atoms with Gasteiger partial charge in [-0.25, -0.2) is 0 Å². The van der Waals surface area contributed by atoms with E-state index in [4.69, 9.17) is 0 Å². The van der Waals surface area contributed by atoms with Crippen LogP contribution in [0.2, 0.25) is 17.5 Å². The third-order valence-corrected chi connectivity index (χ3v) is 16.5. The van der Waals surface area contributed by atoms with E-state index in [1.165, 1.54) is 103 Å². The van der Waals surface area contributed by atoms with Gasteiger partial charge in [-0.3, -0.25) is 9.80 Å². The molecule has 0 N–H and O–H groups in total. The van der Waals surface area contributed by atoms with Crippen LogP contribution in [-0.4, -0.2) is 52.8 Å². The van der Waals surface area contributed by atoms with Gasteiger partial charge in [0.15, 0.2) is 0 Å². The van der Waals surface area contributed by atoms with Crippen LogP contribution in [0.1, 0.15) is 193 Å². The fourth-order valence-corrected chi connectivity index (χ4v) is 14.8. The number of hydrogen-bond acceptors (Lipinski definition) is 2. The van der Waals surface area contributed by atoms with Gasteiger partial charge in [-0.2, -0.15) is 0 Å². The second-order valence-corrected chi connectivity index (χ2v) is 18.9. The fraction of sp³-hybridized carbons (Fsp3) is 1.00. The maximum atomic E-state index is 3.41. The standard InChI is InChI=1S/C42H73BN2/c1-31-17-14-15-19-32-29-41(31)44(35-20-9-3-2-4-10-21-35)36-22-16-23-37-28-34(27-36)43(32)33-18-8-7-12-25-39-38-24-11-5-6-13-26-40(38)45(37)42(39)30-33/h31-42H,2-30H2,1H3. The molecule has 8 rings (SSSR count). The van der Waals surface area contributed by atoms with Crippen LogP contribution in [0.25, 0.3) is 0 Å². The Balaban J connectivity index is 1.19. The first-order valence-electron chi connectivity index (χ1n) is 21.8. The third-order valence-electron chi connectivity index (χ3n) is 16.5. The highest BCUT2D eigenvalue weighted by Gasteiger charge is 2.56. The van der Waals surface area contributed by atoms with Crippen LogP contribution in [0.5, 0.6) is 0 Å². The van der Waals surface area contributed by atoms with Crippen molar-refractivity contribution in [2.24, 2.45) is 17.8 Å². The van der Waals surface area contributed by atoms with E-state index in [0.29, 0.717) is 0 Å². The molecule has 254 valence electrons. The Kier molecular flexibility index (Phi) is 10.6. The summed E-state index contributed by atoms with van der Waals surface area (Å²) in [5, 5.41) is 0. The van der Waals surface area contributed by atoms with E-state index < -0.39 is 0 Å². The predicted octanol–water partition coefficient (Wildman–Crippen LogP) is 11.7. The minimum Gasteiger partial charge on any atom is -0.294 e. The van der Waals surface area contributed by atoms with Crippen LogP contribution in [0.4, 0.5) is 0 Å². The molecular weight excluding hydrogens is 543 g/mol. The van der Waals surface area contributed by atoms with E-state index in [1.54, 1.807) is 83.5 Å². The predicted molar refractivity (Wildman–Crippen MR) is 193 cm³/mol. The topological polar surface area (TPSA) is 6.48 Å². The lowest BCUT2D eigenvalue weighted by Crippen LogP contribution is -2.58. The van der Waals surface area contributed by atoms with E-state index in [2.05, 4.69) is 16.7 Å². The highest BCUT2D eigenvalue weighted by molar-refractivity contribution is 6.63. The van der Waals surface area contributed by atoms with Crippen LogP contribution in [0.3, 0.4) is 0 Å². The monoisotopic (exact) mass is 617 g/mol. The number of hydrogen-bond donors (Lipinski definition) is 0. The Morgan fingerprint density at radius 3 is 1.58 bits per heavy atom. The Morgan fingerprint density at radius 1 is 0.356 bits per heavy atom. The van der Waals surface area contributed by atoms with Crippen molar-refractivity contribution in [2.45, 2.75) is 247 Å². The molecule has 5 saturated carbocycles. The van der Waals surface area contributed by atoms with Gasteiger partial charge in [0.05, 0.1) is 0 Å². The van der Waals surface area contributed by atoms with Crippen molar-refractivity contribution in [1.82, 2.24) is 9.80 Å². The summed E-state index contributed by atoms with van der Waals surface area (Å²) in [6.07, 6.45) is 44.7. The SMILES string of the molecule is CC1CCCCC2CC1N(C1CCCCCCC1)C1CCCC3CC(C1)B2C1CCCCCC2C4CCCCCCC4N3C2C1. The molecular formula is C42H73BN2. The van der Waals surface area contributed by atoms with Crippen LogP contribution >= 0.6 is 0 Å². The van der Waals surface area contributed by atoms with Crippen molar-refractivity contribution in [1.29, 1.82) is 0 Å². The maximum absolute atomic E-state index is 3.41. The first kappa shape index (κ1) is 32.2. The lowest BCUT2D eigenvalue weighted by molar-refractivity contribution is 0.000729. The average Bonchev–Trinajstić information content (AvgIpc) is 3.28. The summed E-state index contributed by atoms with van der Waals surface area (Å²) < 4.78 is 0. The molecule has 0 aromatic carbocycles. The molecule has 3 aliphatic heterocycles. The second-order valence-electron chi connectivity index (χ2n) is 18.9. The summed E-state index contributed by atoms with van der Waals surface area (Å²) in [7, 11) is 0. The molecule has 0 aromatic heterocycles. The maximum Gasteiger partial charge on any atom is 0.149 e. The van der Waals surface area contributed by atoms with Crippen molar-refractivity contribution >= 4 is 6.71 Å². The molecule has 0 aromatic rings. The summed E-state index contributed by atoms with van der Waals surface area (Å²) in [5.74, 6) is 6.05. The molecule has 3 heteroatoms. The highest BCUT2D eigenvalue weighted by atomic mass is 15.3. The molecule has 8 fully saturated rings. The largest absolute Gasteiger partial charge is 0.294 e. The second kappa shape index (κ2) is 14.8. The molecule has 11 unspecified atom stereocenters. The minimum atomic E-state index is 0.883. The highest BCUT2D eigenvalue weighted by Crippen LogP contribution is 2.58. The van der Waals surface area contributed by atoms with Gasteiger partial charge in [-0.15, -0.1) is 0 Å².